The van der Waals surface area contributed by atoms with E-state index in [1.807, 2.05) is 35.8 Å². The van der Waals surface area contributed by atoms with Crippen LogP contribution < -0.4 is 0 Å². The number of fused-ring (bicyclic) bond motifs is 2. The number of rotatable bonds is 3. The summed E-state index contributed by atoms with van der Waals surface area (Å²) in [5.74, 6) is -1.07. The number of hydrogen-bond donors (Lipinski definition) is 1. The molecule has 1 aromatic carbocycles. The molecule has 0 saturated heterocycles. The minimum Gasteiger partial charge on any atom is -0.476 e. The quantitative estimate of drug-likeness (QED) is 0.776. The van der Waals surface area contributed by atoms with Gasteiger partial charge in [0.15, 0.2) is 5.69 Å². The molecular formula is C18H19N5O3. The van der Waals surface area contributed by atoms with Gasteiger partial charge in [-0.25, -0.2) is 9.78 Å². The normalized spacial score (nSPS) is 15.5. The van der Waals surface area contributed by atoms with Gasteiger partial charge < -0.3 is 14.6 Å². The Hall–Kier alpha value is -3.16. The highest BCUT2D eigenvalue weighted by Crippen LogP contribution is 2.21. The SMILES string of the molecule is CC(C(=O)N1CCCn2nc(C(=O)O)cc2C1)n1cnc2ccccc21. The van der Waals surface area contributed by atoms with Gasteiger partial charge in [-0.1, -0.05) is 12.1 Å². The lowest BCUT2D eigenvalue weighted by molar-refractivity contribution is -0.134. The summed E-state index contributed by atoms with van der Waals surface area (Å²) in [6.45, 7) is 3.44. The maximum atomic E-state index is 13.1. The van der Waals surface area contributed by atoms with E-state index in [0.717, 1.165) is 23.1 Å². The van der Waals surface area contributed by atoms with Gasteiger partial charge in [-0.15, -0.1) is 0 Å². The van der Waals surface area contributed by atoms with E-state index in [1.54, 1.807) is 22.0 Å². The number of nitrogens with zero attached hydrogens (tertiary/aromatic N) is 5. The molecular weight excluding hydrogens is 334 g/mol. The van der Waals surface area contributed by atoms with Crippen molar-refractivity contribution in [2.24, 2.45) is 0 Å². The van der Waals surface area contributed by atoms with Gasteiger partial charge in [0.05, 0.1) is 29.6 Å². The number of carbonyl (C=O) groups is 2. The highest BCUT2D eigenvalue weighted by Gasteiger charge is 2.26. The predicted molar refractivity (Wildman–Crippen MR) is 93.7 cm³/mol. The zero-order chi connectivity index (χ0) is 18.3. The number of hydrogen-bond acceptors (Lipinski definition) is 4. The first-order chi connectivity index (χ1) is 12.5. The molecule has 0 spiro atoms. The molecule has 0 fully saturated rings. The molecule has 26 heavy (non-hydrogen) atoms. The van der Waals surface area contributed by atoms with Crippen molar-refractivity contribution in [3.05, 3.63) is 48.0 Å². The fraction of sp³-hybridized carbons (Fsp3) is 0.333. The number of amides is 1. The molecule has 2 aromatic heterocycles. The highest BCUT2D eigenvalue weighted by atomic mass is 16.4. The molecule has 1 atom stereocenters. The number of aromatic nitrogens is 4. The molecule has 8 nitrogen and oxygen atoms in total. The van der Waals surface area contributed by atoms with Crippen LogP contribution in [0.2, 0.25) is 0 Å². The second-order valence-corrected chi connectivity index (χ2v) is 6.48. The second-order valence-electron chi connectivity index (χ2n) is 6.48. The minimum atomic E-state index is -1.05. The lowest BCUT2D eigenvalue weighted by Gasteiger charge is -2.24. The van der Waals surface area contributed by atoms with Crippen LogP contribution in [0.4, 0.5) is 0 Å². The van der Waals surface area contributed by atoms with Crippen molar-refractivity contribution in [1.29, 1.82) is 0 Å². The van der Waals surface area contributed by atoms with Crippen molar-refractivity contribution in [3.63, 3.8) is 0 Å². The van der Waals surface area contributed by atoms with Gasteiger partial charge in [0.2, 0.25) is 5.91 Å². The minimum absolute atomic E-state index is 0.0142. The third kappa shape index (κ3) is 2.73. The average molecular weight is 353 g/mol. The Bertz CT molecular complexity index is 990. The maximum Gasteiger partial charge on any atom is 0.356 e. The first kappa shape index (κ1) is 16.3. The third-order valence-electron chi connectivity index (χ3n) is 4.80. The standard InChI is InChI=1S/C18H19N5O3/c1-12(22-11-19-14-5-2-3-6-16(14)22)17(24)21-7-4-8-23-13(10-21)9-15(20-23)18(25)26/h2-3,5-6,9,11-12H,4,7-8,10H2,1H3,(H,25,26). The average Bonchev–Trinajstić information content (AvgIpc) is 3.19. The van der Waals surface area contributed by atoms with Gasteiger partial charge in [0.25, 0.3) is 0 Å². The fourth-order valence-electron chi connectivity index (χ4n) is 3.43. The molecule has 4 rings (SSSR count). The summed E-state index contributed by atoms with van der Waals surface area (Å²) in [4.78, 5) is 30.3. The maximum absolute atomic E-state index is 13.1. The molecule has 0 saturated carbocycles. The summed E-state index contributed by atoms with van der Waals surface area (Å²) < 4.78 is 3.57. The molecule has 3 aromatic rings. The molecule has 3 heterocycles. The van der Waals surface area contributed by atoms with Gasteiger partial charge in [-0.05, 0) is 31.5 Å². The van der Waals surface area contributed by atoms with E-state index in [1.165, 1.54) is 0 Å². The van der Waals surface area contributed by atoms with E-state index in [4.69, 9.17) is 5.11 Å². The van der Waals surface area contributed by atoms with Gasteiger partial charge in [0.1, 0.15) is 6.04 Å². The van der Waals surface area contributed by atoms with Crippen LogP contribution >= 0.6 is 0 Å². The Morgan fingerprint density at radius 2 is 2.04 bits per heavy atom. The van der Waals surface area contributed by atoms with Gasteiger partial charge in [0, 0.05) is 13.1 Å². The van der Waals surface area contributed by atoms with Crippen LogP contribution in [-0.4, -0.2) is 47.8 Å². The number of carboxylic acids is 1. The summed E-state index contributed by atoms with van der Waals surface area (Å²) in [5.41, 5.74) is 2.53. The monoisotopic (exact) mass is 353 g/mol. The third-order valence-corrected chi connectivity index (χ3v) is 4.80. The summed E-state index contributed by atoms with van der Waals surface area (Å²) in [6.07, 6.45) is 2.43. The topological polar surface area (TPSA) is 93.3 Å². The molecule has 1 aliphatic heterocycles. The Morgan fingerprint density at radius 3 is 2.85 bits per heavy atom. The van der Waals surface area contributed by atoms with Crippen molar-refractivity contribution in [2.45, 2.75) is 32.5 Å². The van der Waals surface area contributed by atoms with E-state index < -0.39 is 12.0 Å². The molecule has 0 bridgehead atoms. The number of aromatic carboxylic acids is 1. The first-order valence-electron chi connectivity index (χ1n) is 8.55. The highest BCUT2D eigenvalue weighted by molar-refractivity contribution is 5.86. The van der Waals surface area contributed by atoms with Crippen molar-refractivity contribution in [2.75, 3.05) is 6.54 Å². The smallest absolute Gasteiger partial charge is 0.356 e. The van der Waals surface area contributed by atoms with E-state index >= 15 is 0 Å². The summed E-state index contributed by atoms with van der Waals surface area (Å²) in [7, 11) is 0. The first-order valence-corrected chi connectivity index (χ1v) is 8.55. The van der Waals surface area contributed by atoms with Gasteiger partial charge in [-0.2, -0.15) is 5.10 Å². The molecule has 8 heteroatoms. The second kappa shape index (κ2) is 6.29. The van der Waals surface area contributed by atoms with Crippen LogP contribution in [0.25, 0.3) is 11.0 Å². The summed E-state index contributed by atoms with van der Waals surface area (Å²) >= 11 is 0. The van der Waals surface area contributed by atoms with E-state index in [2.05, 4.69) is 10.1 Å². The van der Waals surface area contributed by atoms with Crippen LogP contribution in [0.5, 0.6) is 0 Å². The number of para-hydroxylation sites is 2. The lowest BCUT2D eigenvalue weighted by atomic mass is 10.2. The number of aryl methyl sites for hydroxylation is 1. The largest absolute Gasteiger partial charge is 0.476 e. The van der Waals surface area contributed by atoms with Crippen LogP contribution in [0.3, 0.4) is 0 Å². The summed E-state index contributed by atoms with van der Waals surface area (Å²) in [6, 6.07) is 8.86. The van der Waals surface area contributed by atoms with Crippen LogP contribution in [-0.2, 0) is 17.9 Å². The van der Waals surface area contributed by atoms with Crippen molar-refractivity contribution < 1.29 is 14.7 Å². The van der Waals surface area contributed by atoms with Crippen molar-refractivity contribution in [3.8, 4) is 0 Å². The molecule has 1 unspecified atom stereocenters. The van der Waals surface area contributed by atoms with E-state index in [9.17, 15) is 9.59 Å². The molecule has 1 aliphatic rings. The van der Waals surface area contributed by atoms with Gasteiger partial charge in [-0.3, -0.25) is 9.48 Å². The number of carboxylic acid groups (broad SMARTS) is 1. The number of imidazole rings is 1. The fourth-order valence-corrected chi connectivity index (χ4v) is 3.43. The van der Waals surface area contributed by atoms with Crippen molar-refractivity contribution in [1.82, 2.24) is 24.2 Å². The zero-order valence-electron chi connectivity index (χ0n) is 14.4. The molecule has 0 aliphatic carbocycles. The van der Waals surface area contributed by atoms with E-state index in [-0.39, 0.29) is 11.6 Å². The van der Waals surface area contributed by atoms with Crippen LogP contribution in [0.1, 0.15) is 35.6 Å². The van der Waals surface area contributed by atoms with Crippen molar-refractivity contribution >= 4 is 22.9 Å². The van der Waals surface area contributed by atoms with Crippen LogP contribution in [0, 0.1) is 0 Å². The van der Waals surface area contributed by atoms with Crippen LogP contribution in [0.15, 0.2) is 36.7 Å². The Balaban J connectivity index is 1.60. The molecule has 1 N–H and O–H groups in total. The van der Waals surface area contributed by atoms with E-state index in [0.29, 0.717) is 19.6 Å². The number of carbonyl (C=O) groups excluding carboxylic acids is 1. The molecule has 134 valence electrons. The Kier molecular flexibility index (Phi) is 3.95. The van der Waals surface area contributed by atoms with Gasteiger partial charge >= 0.3 is 5.97 Å². The number of benzene rings is 1. The zero-order valence-corrected chi connectivity index (χ0v) is 14.4. The Morgan fingerprint density at radius 1 is 1.23 bits per heavy atom. The lowest BCUT2D eigenvalue weighted by Crippen LogP contribution is -2.35. The molecule has 0 radical (unpaired) electrons. The predicted octanol–water partition coefficient (Wildman–Crippen LogP) is 1.92. The molecule has 1 amide bonds. The Labute approximate surface area is 149 Å². The summed E-state index contributed by atoms with van der Waals surface area (Å²) in [5, 5.41) is 13.2.